The molecule has 112 valence electrons. The summed E-state index contributed by atoms with van der Waals surface area (Å²) < 4.78 is 0. The van der Waals surface area contributed by atoms with Crippen LogP contribution in [-0.4, -0.2) is 11.7 Å². The fraction of sp³-hybridized carbons (Fsp3) is 0.778. The zero-order valence-electron chi connectivity index (χ0n) is 13.2. The number of rotatable bonds is 13. The molecule has 0 aromatic carbocycles. The van der Waals surface area contributed by atoms with Gasteiger partial charge in [-0.2, -0.15) is 0 Å². The summed E-state index contributed by atoms with van der Waals surface area (Å²) in [5, 5.41) is 8.70. The second kappa shape index (κ2) is 15.5. The van der Waals surface area contributed by atoms with Crippen molar-refractivity contribution in [2.45, 2.75) is 84.5 Å². The fourth-order valence-electron chi connectivity index (χ4n) is 2.10. The lowest BCUT2D eigenvalue weighted by Crippen LogP contribution is -1.84. The summed E-state index contributed by atoms with van der Waals surface area (Å²) in [5.74, 6) is 0. The minimum absolute atomic E-state index is 0.338. The first kappa shape index (κ1) is 18.4. The number of hydrogen-bond acceptors (Lipinski definition) is 1. The van der Waals surface area contributed by atoms with E-state index in [4.69, 9.17) is 5.11 Å². The Kier molecular flexibility index (Phi) is 15.0. The lowest BCUT2D eigenvalue weighted by Gasteiger charge is -2.04. The standard InChI is InChI=1S/C18H34O/c1-3-5-11-15-18(14-6-4-2)16-12-9-7-8-10-13-17-19/h9,12,15,19H,3-8,10-11,13-14,16-17H2,1-2H3/b12-9+,18-15+. The predicted molar refractivity (Wildman–Crippen MR) is 86.4 cm³/mol. The van der Waals surface area contributed by atoms with E-state index in [-0.39, 0.29) is 0 Å². The Bertz CT molecular complexity index is 228. The molecule has 0 bridgehead atoms. The highest BCUT2D eigenvalue weighted by molar-refractivity contribution is 5.07. The van der Waals surface area contributed by atoms with E-state index in [9.17, 15) is 0 Å². The molecule has 0 rings (SSSR count). The SMILES string of the molecule is CCCC/C=C(/C/C=C/CCCCCO)CCCC. The zero-order chi connectivity index (χ0) is 14.2. The molecule has 0 aromatic heterocycles. The van der Waals surface area contributed by atoms with Gasteiger partial charge in [-0.1, -0.05) is 63.3 Å². The largest absolute Gasteiger partial charge is 0.396 e. The van der Waals surface area contributed by atoms with Gasteiger partial charge in [0.05, 0.1) is 0 Å². The smallest absolute Gasteiger partial charge is 0.0431 e. The topological polar surface area (TPSA) is 20.2 Å². The van der Waals surface area contributed by atoms with E-state index < -0.39 is 0 Å². The summed E-state index contributed by atoms with van der Waals surface area (Å²) in [6, 6.07) is 0. The molecule has 0 aliphatic heterocycles. The third-order valence-corrected chi connectivity index (χ3v) is 3.42. The monoisotopic (exact) mass is 266 g/mol. The molecular weight excluding hydrogens is 232 g/mol. The molecule has 1 N–H and O–H groups in total. The van der Waals surface area contributed by atoms with Gasteiger partial charge in [-0.05, 0) is 44.9 Å². The second-order valence-electron chi connectivity index (χ2n) is 5.36. The van der Waals surface area contributed by atoms with E-state index in [0.29, 0.717) is 6.61 Å². The maximum absolute atomic E-state index is 8.70. The van der Waals surface area contributed by atoms with Gasteiger partial charge < -0.3 is 5.11 Å². The van der Waals surface area contributed by atoms with Crippen molar-refractivity contribution in [2.24, 2.45) is 0 Å². The summed E-state index contributed by atoms with van der Waals surface area (Å²) >= 11 is 0. The first-order valence-electron chi connectivity index (χ1n) is 8.28. The minimum Gasteiger partial charge on any atom is -0.396 e. The van der Waals surface area contributed by atoms with Gasteiger partial charge in [0.2, 0.25) is 0 Å². The maximum Gasteiger partial charge on any atom is 0.0431 e. The Morgan fingerprint density at radius 2 is 1.63 bits per heavy atom. The Morgan fingerprint density at radius 3 is 2.32 bits per heavy atom. The highest BCUT2D eigenvalue weighted by atomic mass is 16.2. The molecule has 0 spiro atoms. The van der Waals surface area contributed by atoms with Crippen LogP contribution in [0.15, 0.2) is 23.8 Å². The van der Waals surface area contributed by atoms with Gasteiger partial charge in [-0.15, -0.1) is 0 Å². The zero-order valence-corrected chi connectivity index (χ0v) is 13.2. The average Bonchev–Trinajstić information content (AvgIpc) is 2.43. The number of hydrogen-bond donors (Lipinski definition) is 1. The third-order valence-electron chi connectivity index (χ3n) is 3.42. The Labute approximate surface area is 120 Å². The number of unbranched alkanes of at least 4 members (excludes halogenated alkanes) is 6. The predicted octanol–water partition coefficient (Wildman–Crippen LogP) is 5.79. The van der Waals surface area contributed by atoms with Gasteiger partial charge in [0.25, 0.3) is 0 Å². The second-order valence-corrected chi connectivity index (χ2v) is 5.36. The molecule has 0 aliphatic rings. The van der Waals surface area contributed by atoms with Crippen LogP contribution in [0.5, 0.6) is 0 Å². The van der Waals surface area contributed by atoms with E-state index >= 15 is 0 Å². The van der Waals surface area contributed by atoms with Crippen LogP contribution >= 0.6 is 0 Å². The molecule has 0 saturated carbocycles. The number of aliphatic hydroxyl groups is 1. The molecule has 1 heteroatoms. The molecule has 0 amide bonds. The van der Waals surface area contributed by atoms with E-state index in [1.807, 2.05) is 0 Å². The van der Waals surface area contributed by atoms with Crippen molar-refractivity contribution < 1.29 is 5.11 Å². The van der Waals surface area contributed by atoms with Crippen molar-refractivity contribution >= 4 is 0 Å². The average molecular weight is 266 g/mol. The quantitative estimate of drug-likeness (QED) is 0.330. The minimum atomic E-state index is 0.338. The summed E-state index contributed by atoms with van der Waals surface area (Å²) in [6.07, 6.45) is 20.5. The van der Waals surface area contributed by atoms with Crippen LogP contribution in [0.2, 0.25) is 0 Å². The normalized spacial score (nSPS) is 12.5. The summed E-state index contributed by atoms with van der Waals surface area (Å²) in [4.78, 5) is 0. The van der Waals surface area contributed by atoms with Gasteiger partial charge in [-0.3, -0.25) is 0 Å². The van der Waals surface area contributed by atoms with Crippen LogP contribution in [0.25, 0.3) is 0 Å². The lowest BCUT2D eigenvalue weighted by molar-refractivity contribution is 0.283. The maximum atomic E-state index is 8.70. The summed E-state index contributed by atoms with van der Waals surface area (Å²) in [6.45, 7) is 4.86. The van der Waals surface area contributed by atoms with Gasteiger partial charge in [-0.25, -0.2) is 0 Å². The van der Waals surface area contributed by atoms with Crippen LogP contribution in [0.4, 0.5) is 0 Å². The van der Waals surface area contributed by atoms with Crippen LogP contribution in [-0.2, 0) is 0 Å². The van der Waals surface area contributed by atoms with Crippen LogP contribution in [0, 0.1) is 0 Å². The first-order valence-corrected chi connectivity index (χ1v) is 8.28. The molecular formula is C18H34O. The molecule has 0 fully saturated rings. The van der Waals surface area contributed by atoms with Crippen LogP contribution in [0.3, 0.4) is 0 Å². The van der Waals surface area contributed by atoms with Gasteiger partial charge in [0.1, 0.15) is 0 Å². The highest BCUT2D eigenvalue weighted by Gasteiger charge is 1.95. The van der Waals surface area contributed by atoms with E-state index in [1.54, 1.807) is 5.57 Å². The van der Waals surface area contributed by atoms with Gasteiger partial charge in [0, 0.05) is 6.61 Å². The third kappa shape index (κ3) is 13.7. The van der Waals surface area contributed by atoms with Crippen molar-refractivity contribution in [3.8, 4) is 0 Å². The van der Waals surface area contributed by atoms with Gasteiger partial charge in [0.15, 0.2) is 0 Å². The summed E-state index contributed by atoms with van der Waals surface area (Å²) in [7, 11) is 0. The molecule has 0 heterocycles. The van der Waals surface area contributed by atoms with Crippen molar-refractivity contribution in [3.63, 3.8) is 0 Å². The van der Waals surface area contributed by atoms with Crippen molar-refractivity contribution in [3.05, 3.63) is 23.8 Å². The van der Waals surface area contributed by atoms with Gasteiger partial charge >= 0.3 is 0 Å². The van der Waals surface area contributed by atoms with Crippen LogP contribution in [0.1, 0.15) is 84.5 Å². The lowest BCUT2D eigenvalue weighted by atomic mass is 10.0. The number of allylic oxidation sites excluding steroid dienone is 4. The fourth-order valence-corrected chi connectivity index (χ4v) is 2.10. The molecule has 1 nitrogen and oxygen atoms in total. The van der Waals surface area contributed by atoms with Crippen molar-refractivity contribution in [2.75, 3.05) is 6.61 Å². The number of aliphatic hydroxyl groups excluding tert-OH is 1. The summed E-state index contributed by atoms with van der Waals surface area (Å²) in [5.41, 5.74) is 1.63. The first-order chi connectivity index (χ1) is 9.35. The molecule has 0 aromatic rings. The molecule has 19 heavy (non-hydrogen) atoms. The van der Waals surface area contributed by atoms with Crippen molar-refractivity contribution in [1.29, 1.82) is 0 Å². The Morgan fingerprint density at radius 1 is 0.842 bits per heavy atom. The van der Waals surface area contributed by atoms with E-state index in [1.165, 1.54) is 44.9 Å². The Balaban J connectivity index is 3.82. The molecule has 0 saturated heterocycles. The highest BCUT2D eigenvalue weighted by Crippen LogP contribution is 2.15. The Hall–Kier alpha value is -0.560. The van der Waals surface area contributed by atoms with E-state index in [2.05, 4.69) is 32.1 Å². The molecule has 0 atom stereocenters. The molecule has 0 unspecified atom stereocenters. The van der Waals surface area contributed by atoms with Crippen LogP contribution < -0.4 is 0 Å². The van der Waals surface area contributed by atoms with Crippen molar-refractivity contribution in [1.82, 2.24) is 0 Å². The van der Waals surface area contributed by atoms with E-state index in [0.717, 1.165) is 25.7 Å². The molecule has 0 aliphatic carbocycles. The molecule has 0 radical (unpaired) electrons.